The van der Waals surface area contributed by atoms with E-state index in [1.807, 2.05) is 10.7 Å². The summed E-state index contributed by atoms with van der Waals surface area (Å²) in [5, 5.41) is 3.27. The molecule has 0 aromatic carbocycles. The molecule has 0 aliphatic carbocycles. The fourth-order valence-electron chi connectivity index (χ4n) is 1.19. The van der Waals surface area contributed by atoms with Crippen molar-refractivity contribution >= 4 is 5.65 Å². The zero-order valence-corrected chi connectivity index (χ0v) is 7.63. The molecule has 12 heavy (non-hydrogen) atoms. The van der Waals surface area contributed by atoms with Gasteiger partial charge in [-0.3, -0.25) is 5.10 Å². The molecule has 2 rings (SSSR count). The molecule has 0 unspecified atom stereocenters. The maximum Gasteiger partial charge on any atom is 0.153 e. The third-order valence-corrected chi connectivity index (χ3v) is 1.99. The van der Waals surface area contributed by atoms with Crippen molar-refractivity contribution in [3.8, 4) is 0 Å². The maximum absolute atomic E-state index is 4.18. The van der Waals surface area contributed by atoms with Crippen molar-refractivity contribution in [2.75, 3.05) is 0 Å². The van der Waals surface area contributed by atoms with E-state index >= 15 is 0 Å². The van der Waals surface area contributed by atoms with E-state index in [-0.39, 0.29) is 5.41 Å². The smallest absolute Gasteiger partial charge is 0.153 e. The standard InChI is InChI=1S/C9H13N3/c1-9(2,3)7-6-8-10-4-5-12(8)11-7/h4-6,11H,1-3H3. The van der Waals surface area contributed by atoms with Gasteiger partial charge in [0.2, 0.25) is 0 Å². The number of hydrogen-bond donors (Lipinski definition) is 1. The molecule has 0 amide bonds. The molecule has 1 N–H and O–H groups in total. The number of imidazole rings is 1. The lowest BCUT2D eigenvalue weighted by atomic mass is 9.93. The van der Waals surface area contributed by atoms with Crippen molar-refractivity contribution in [1.29, 1.82) is 0 Å². The van der Waals surface area contributed by atoms with Crippen LogP contribution < -0.4 is 0 Å². The summed E-state index contributed by atoms with van der Waals surface area (Å²) in [6.45, 7) is 6.54. The number of nitrogens with zero attached hydrogens (tertiary/aromatic N) is 2. The van der Waals surface area contributed by atoms with Crippen LogP contribution in [0.3, 0.4) is 0 Å². The monoisotopic (exact) mass is 163 g/mol. The van der Waals surface area contributed by atoms with Crippen LogP contribution in [0.5, 0.6) is 0 Å². The Morgan fingerprint density at radius 1 is 1.42 bits per heavy atom. The Balaban J connectivity index is 2.59. The molecule has 0 spiro atoms. The molecule has 0 radical (unpaired) electrons. The van der Waals surface area contributed by atoms with Gasteiger partial charge in [0.25, 0.3) is 0 Å². The minimum absolute atomic E-state index is 0.167. The highest BCUT2D eigenvalue weighted by molar-refractivity contribution is 5.40. The first kappa shape index (κ1) is 7.40. The lowest BCUT2D eigenvalue weighted by Crippen LogP contribution is -2.11. The molecule has 2 aromatic heterocycles. The van der Waals surface area contributed by atoms with Crippen LogP contribution in [0, 0.1) is 0 Å². The van der Waals surface area contributed by atoms with Crippen LogP contribution in [0.15, 0.2) is 18.5 Å². The first-order valence-electron chi connectivity index (χ1n) is 4.10. The van der Waals surface area contributed by atoms with E-state index in [4.69, 9.17) is 0 Å². The van der Waals surface area contributed by atoms with Crippen molar-refractivity contribution in [3.05, 3.63) is 24.2 Å². The minimum Gasteiger partial charge on any atom is -0.296 e. The molecule has 3 nitrogen and oxygen atoms in total. The molecular weight excluding hydrogens is 150 g/mol. The van der Waals surface area contributed by atoms with Gasteiger partial charge in [0.1, 0.15) is 0 Å². The highest BCUT2D eigenvalue weighted by atomic mass is 15.3. The lowest BCUT2D eigenvalue weighted by Gasteiger charge is -2.14. The number of H-pyrrole nitrogens is 1. The normalized spacial score (nSPS) is 12.6. The van der Waals surface area contributed by atoms with E-state index in [0.29, 0.717) is 0 Å². The van der Waals surface area contributed by atoms with E-state index in [0.717, 1.165) is 5.65 Å². The van der Waals surface area contributed by atoms with Gasteiger partial charge in [0, 0.05) is 29.6 Å². The van der Waals surface area contributed by atoms with Gasteiger partial charge in [-0.2, -0.15) is 0 Å². The summed E-state index contributed by atoms with van der Waals surface area (Å²) in [6, 6.07) is 2.08. The van der Waals surface area contributed by atoms with Crippen molar-refractivity contribution in [3.63, 3.8) is 0 Å². The molecule has 0 saturated heterocycles. The topological polar surface area (TPSA) is 33.1 Å². The summed E-state index contributed by atoms with van der Waals surface area (Å²) in [4.78, 5) is 4.18. The van der Waals surface area contributed by atoms with Gasteiger partial charge in [0.15, 0.2) is 5.65 Å². The van der Waals surface area contributed by atoms with Gasteiger partial charge in [-0.05, 0) is 0 Å². The predicted octanol–water partition coefficient (Wildman–Crippen LogP) is 1.96. The van der Waals surface area contributed by atoms with E-state index in [2.05, 4.69) is 36.9 Å². The second-order valence-electron chi connectivity index (χ2n) is 4.08. The van der Waals surface area contributed by atoms with Gasteiger partial charge in [-0.25, -0.2) is 9.50 Å². The van der Waals surface area contributed by atoms with Gasteiger partial charge >= 0.3 is 0 Å². The predicted molar refractivity (Wildman–Crippen MR) is 48.2 cm³/mol. The fraction of sp³-hybridized carbons (Fsp3) is 0.444. The third-order valence-electron chi connectivity index (χ3n) is 1.99. The molecule has 0 saturated carbocycles. The van der Waals surface area contributed by atoms with Crippen LogP contribution in [-0.4, -0.2) is 14.6 Å². The Morgan fingerprint density at radius 2 is 2.17 bits per heavy atom. The second kappa shape index (κ2) is 2.12. The molecule has 0 bridgehead atoms. The Labute approximate surface area is 71.4 Å². The average Bonchev–Trinajstić information content (AvgIpc) is 2.37. The van der Waals surface area contributed by atoms with Gasteiger partial charge < -0.3 is 0 Å². The largest absolute Gasteiger partial charge is 0.296 e. The van der Waals surface area contributed by atoms with Crippen LogP contribution >= 0.6 is 0 Å². The molecule has 0 atom stereocenters. The number of rotatable bonds is 0. The summed E-state index contributed by atoms with van der Waals surface area (Å²) in [7, 11) is 0. The number of aromatic nitrogens is 3. The molecular formula is C9H13N3. The average molecular weight is 163 g/mol. The SMILES string of the molecule is CC(C)(C)c1cc2nccn2[nH]1. The summed E-state index contributed by atoms with van der Waals surface area (Å²) < 4.78 is 1.93. The fourth-order valence-corrected chi connectivity index (χ4v) is 1.19. The van der Waals surface area contributed by atoms with Gasteiger partial charge in [0.05, 0.1) is 0 Å². The van der Waals surface area contributed by atoms with E-state index in [1.165, 1.54) is 5.69 Å². The molecule has 0 aliphatic rings. The Bertz CT molecular complexity index is 360. The van der Waals surface area contributed by atoms with Crippen LogP contribution in [0.25, 0.3) is 5.65 Å². The number of aromatic amines is 1. The molecule has 0 aliphatic heterocycles. The highest BCUT2D eigenvalue weighted by Gasteiger charge is 2.16. The molecule has 3 heteroatoms. The van der Waals surface area contributed by atoms with Crippen LogP contribution in [-0.2, 0) is 5.41 Å². The molecule has 2 heterocycles. The maximum atomic E-state index is 4.18. The second-order valence-corrected chi connectivity index (χ2v) is 4.08. The highest BCUT2D eigenvalue weighted by Crippen LogP contribution is 2.21. The summed E-state index contributed by atoms with van der Waals surface area (Å²) in [5.41, 5.74) is 2.37. The van der Waals surface area contributed by atoms with Crippen LogP contribution in [0.2, 0.25) is 0 Å². The first-order chi connectivity index (χ1) is 5.57. The zero-order chi connectivity index (χ0) is 8.77. The van der Waals surface area contributed by atoms with Crippen molar-refractivity contribution in [2.45, 2.75) is 26.2 Å². The Hall–Kier alpha value is -1.25. The van der Waals surface area contributed by atoms with E-state index in [9.17, 15) is 0 Å². The van der Waals surface area contributed by atoms with Gasteiger partial charge in [-0.15, -0.1) is 0 Å². The summed E-state index contributed by atoms with van der Waals surface area (Å²) in [6.07, 6.45) is 3.71. The zero-order valence-electron chi connectivity index (χ0n) is 7.63. The summed E-state index contributed by atoms with van der Waals surface area (Å²) >= 11 is 0. The van der Waals surface area contributed by atoms with E-state index in [1.54, 1.807) is 6.20 Å². The van der Waals surface area contributed by atoms with Crippen LogP contribution in [0.1, 0.15) is 26.5 Å². The lowest BCUT2D eigenvalue weighted by molar-refractivity contribution is 0.563. The van der Waals surface area contributed by atoms with Crippen molar-refractivity contribution in [2.24, 2.45) is 0 Å². The molecule has 64 valence electrons. The third kappa shape index (κ3) is 1.02. The Kier molecular flexibility index (Phi) is 1.31. The van der Waals surface area contributed by atoms with Crippen molar-refractivity contribution < 1.29 is 0 Å². The summed E-state index contributed by atoms with van der Waals surface area (Å²) in [5.74, 6) is 0. The minimum atomic E-state index is 0.167. The Morgan fingerprint density at radius 3 is 2.75 bits per heavy atom. The quantitative estimate of drug-likeness (QED) is 0.632. The van der Waals surface area contributed by atoms with Gasteiger partial charge in [-0.1, -0.05) is 20.8 Å². The van der Waals surface area contributed by atoms with Crippen molar-refractivity contribution in [1.82, 2.24) is 14.6 Å². The molecule has 2 aromatic rings. The number of fused-ring (bicyclic) bond motifs is 1. The number of hydrogen-bond acceptors (Lipinski definition) is 1. The number of nitrogens with one attached hydrogen (secondary N) is 1. The first-order valence-corrected chi connectivity index (χ1v) is 4.10. The van der Waals surface area contributed by atoms with E-state index < -0.39 is 0 Å². The van der Waals surface area contributed by atoms with Crippen LogP contribution in [0.4, 0.5) is 0 Å². The molecule has 0 fully saturated rings.